The molecule has 0 saturated heterocycles. The summed E-state index contributed by atoms with van der Waals surface area (Å²) in [7, 11) is 0. The van der Waals surface area contributed by atoms with Gasteiger partial charge in [-0.3, -0.25) is 0 Å². The number of benzene rings is 7. The van der Waals surface area contributed by atoms with E-state index in [1.807, 2.05) is 0 Å². The lowest BCUT2D eigenvalue weighted by atomic mass is 9.81. The Labute approximate surface area is 275 Å². The molecule has 1 heterocycles. The van der Waals surface area contributed by atoms with Crippen LogP contribution in [0.3, 0.4) is 0 Å². The zero-order chi connectivity index (χ0) is 31.5. The predicted octanol–water partition coefficient (Wildman–Crippen LogP) is 12.2. The molecule has 0 saturated carbocycles. The number of anilines is 2. The Morgan fingerprint density at radius 2 is 1.11 bits per heavy atom. The summed E-state index contributed by atoms with van der Waals surface area (Å²) in [6, 6.07) is 59.3. The Hall–Kier alpha value is -5.86. The number of hydrogen-bond donors (Lipinski definition) is 1. The highest BCUT2D eigenvalue weighted by Gasteiger charge is 2.40. The summed E-state index contributed by atoms with van der Waals surface area (Å²) in [5, 5.41) is 7.47. The van der Waals surface area contributed by atoms with E-state index in [0.29, 0.717) is 0 Å². The normalized spacial score (nSPS) is 13.1. The van der Waals surface area contributed by atoms with Gasteiger partial charge in [-0.05, 0) is 92.7 Å². The van der Waals surface area contributed by atoms with Crippen LogP contribution in [0, 0.1) is 0 Å². The zero-order valence-electron chi connectivity index (χ0n) is 26.5. The minimum Gasteiger partial charge on any atom is -0.356 e. The van der Waals surface area contributed by atoms with Crippen LogP contribution in [0.2, 0.25) is 0 Å². The van der Waals surface area contributed by atoms with Gasteiger partial charge in [0, 0.05) is 33.4 Å². The van der Waals surface area contributed by atoms with Crippen LogP contribution in [0.15, 0.2) is 164 Å². The first kappa shape index (κ1) is 27.5. The molecular formula is C45H34N2. The highest BCUT2D eigenvalue weighted by Crippen LogP contribution is 2.54. The number of para-hydroxylation sites is 2. The molecule has 0 fully saturated rings. The van der Waals surface area contributed by atoms with Crippen molar-refractivity contribution in [3.8, 4) is 39.2 Å². The lowest BCUT2D eigenvalue weighted by Gasteiger charge is -2.21. The van der Waals surface area contributed by atoms with Crippen molar-refractivity contribution in [2.45, 2.75) is 19.3 Å². The van der Waals surface area contributed by atoms with Gasteiger partial charge in [0.05, 0.1) is 11.2 Å². The lowest BCUT2D eigenvalue weighted by molar-refractivity contribution is 0.666. The second-order valence-electron chi connectivity index (χ2n) is 13.1. The smallest absolute Gasteiger partial charge is 0.0585 e. The van der Waals surface area contributed by atoms with Crippen LogP contribution in [0.25, 0.3) is 60.9 Å². The maximum atomic E-state index is 3.60. The largest absolute Gasteiger partial charge is 0.356 e. The molecule has 1 aliphatic carbocycles. The third kappa shape index (κ3) is 4.40. The Balaban J connectivity index is 1.04. The van der Waals surface area contributed by atoms with Crippen molar-refractivity contribution in [3.05, 3.63) is 175 Å². The van der Waals surface area contributed by atoms with Crippen molar-refractivity contribution in [2.75, 3.05) is 5.32 Å². The van der Waals surface area contributed by atoms with Gasteiger partial charge in [-0.2, -0.15) is 0 Å². The van der Waals surface area contributed by atoms with Crippen molar-refractivity contribution in [1.82, 2.24) is 4.57 Å². The van der Waals surface area contributed by atoms with Gasteiger partial charge in [-0.1, -0.05) is 129 Å². The van der Waals surface area contributed by atoms with Crippen molar-refractivity contribution >= 4 is 33.1 Å². The SMILES string of the molecule is CC1(C)c2ccc(-c3ccc(Nc4ccc(-c5cccc6ccccc56)cc4)cc3)cc2-c2c1c1ccccc1n2-c1ccccc1. The second-order valence-corrected chi connectivity index (χ2v) is 13.1. The molecule has 8 aromatic rings. The first-order valence-corrected chi connectivity index (χ1v) is 16.4. The molecule has 1 aliphatic rings. The molecule has 0 bridgehead atoms. The molecule has 0 aliphatic heterocycles. The molecule has 47 heavy (non-hydrogen) atoms. The van der Waals surface area contributed by atoms with Crippen molar-refractivity contribution in [2.24, 2.45) is 0 Å². The van der Waals surface area contributed by atoms with E-state index in [4.69, 9.17) is 0 Å². The third-order valence-electron chi connectivity index (χ3n) is 9.95. The molecule has 224 valence electrons. The Bertz CT molecular complexity index is 2420. The number of rotatable bonds is 5. The zero-order valence-corrected chi connectivity index (χ0v) is 26.5. The molecule has 0 atom stereocenters. The van der Waals surface area contributed by atoms with Crippen LogP contribution in [0.4, 0.5) is 11.4 Å². The fourth-order valence-corrected chi connectivity index (χ4v) is 7.70. The number of nitrogens with zero attached hydrogens (tertiary/aromatic N) is 1. The summed E-state index contributed by atoms with van der Waals surface area (Å²) in [6.45, 7) is 4.74. The predicted molar refractivity (Wildman–Crippen MR) is 199 cm³/mol. The number of aromatic nitrogens is 1. The van der Waals surface area contributed by atoms with Gasteiger partial charge in [0.1, 0.15) is 0 Å². The quantitative estimate of drug-likeness (QED) is 0.207. The molecule has 2 nitrogen and oxygen atoms in total. The number of nitrogens with one attached hydrogen (secondary N) is 1. The Kier molecular flexibility index (Phi) is 6.20. The molecule has 1 N–H and O–H groups in total. The van der Waals surface area contributed by atoms with Crippen molar-refractivity contribution < 1.29 is 0 Å². The van der Waals surface area contributed by atoms with Crippen molar-refractivity contribution in [1.29, 1.82) is 0 Å². The molecule has 9 rings (SSSR count). The monoisotopic (exact) mass is 602 g/mol. The maximum absolute atomic E-state index is 3.60. The van der Waals surface area contributed by atoms with E-state index >= 15 is 0 Å². The molecule has 0 spiro atoms. The maximum Gasteiger partial charge on any atom is 0.0585 e. The fraction of sp³-hybridized carbons (Fsp3) is 0.0667. The van der Waals surface area contributed by atoms with Crippen LogP contribution in [0.5, 0.6) is 0 Å². The van der Waals surface area contributed by atoms with Gasteiger partial charge in [0.2, 0.25) is 0 Å². The van der Waals surface area contributed by atoms with E-state index < -0.39 is 0 Å². The number of hydrogen-bond acceptors (Lipinski definition) is 1. The molecule has 0 unspecified atom stereocenters. The lowest BCUT2D eigenvalue weighted by Crippen LogP contribution is -2.14. The highest BCUT2D eigenvalue weighted by molar-refractivity contribution is 6.00. The van der Waals surface area contributed by atoms with E-state index in [1.165, 1.54) is 72.0 Å². The van der Waals surface area contributed by atoms with Crippen LogP contribution in [-0.2, 0) is 5.41 Å². The second kappa shape index (κ2) is 10.6. The van der Waals surface area contributed by atoms with Gasteiger partial charge < -0.3 is 9.88 Å². The molecule has 0 amide bonds. The van der Waals surface area contributed by atoms with E-state index in [-0.39, 0.29) is 5.41 Å². The topological polar surface area (TPSA) is 17.0 Å². The minimum atomic E-state index is -0.0975. The van der Waals surface area contributed by atoms with Gasteiger partial charge >= 0.3 is 0 Å². The Morgan fingerprint density at radius 3 is 1.87 bits per heavy atom. The average Bonchev–Trinajstić information content (AvgIpc) is 3.59. The van der Waals surface area contributed by atoms with Crippen LogP contribution in [0.1, 0.15) is 25.0 Å². The Morgan fingerprint density at radius 1 is 0.489 bits per heavy atom. The highest BCUT2D eigenvalue weighted by atomic mass is 15.0. The summed E-state index contributed by atoms with van der Waals surface area (Å²) >= 11 is 0. The molecule has 7 aromatic carbocycles. The van der Waals surface area contributed by atoms with Gasteiger partial charge in [-0.15, -0.1) is 0 Å². The number of fused-ring (bicyclic) bond motifs is 6. The van der Waals surface area contributed by atoms with Crippen LogP contribution >= 0.6 is 0 Å². The van der Waals surface area contributed by atoms with E-state index in [0.717, 1.165) is 11.4 Å². The molecule has 2 heteroatoms. The minimum absolute atomic E-state index is 0.0975. The molecule has 0 radical (unpaired) electrons. The standard InChI is InChI=1S/C45H34N2/c1-45(2)41-28-23-33(29-40(41)44-43(45)39-16-8-9-18-42(39)47(44)36-13-4-3-5-14-36)30-19-24-34(25-20-30)46-35-26-21-32(22-27-35)38-17-10-12-31-11-6-7-15-37(31)38/h3-29,46H,1-2H3. The third-order valence-corrected chi connectivity index (χ3v) is 9.95. The summed E-state index contributed by atoms with van der Waals surface area (Å²) < 4.78 is 2.46. The average molecular weight is 603 g/mol. The van der Waals surface area contributed by atoms with Gasteiger partial charge in [-0.25, -0.2) is 0 Å². The molecular weight excluding hydrogens is 569 g/mol. The molecule has 1 aromatic heterocycles. The summed E-state index contributed by atoms with van der Waals surface area (Å²) in [4.78, 5) is 0. The van der Waals surface area contributed by atoms with E-state index in [2.05, 4.69) is 188 Å². The van der Waals surface area contributed by atoms with Crippen LogP contribution < -0.4 is 5.32 Å². The fourth-order valence-electron chi connectivity index (χ4n) is 7.70. The van der Waals surface area contributed by atoms with Gasteiger partial charge in [0.15, 0.2) is 0 Å². The summed E-state index contributed by atoms with van der Waals surface area (Å²) in [5.41, 5.74) is 14.8. The first-order valence-electron chi connectivity index (χ1n) is 16.4. The van der Waals surface area contributed by atoms with Crippen LogP contribution in [-0.4, -0.2) is 4.57 Å². The van der Waals surface area contributed by atoms with Crippen molar-refractivity contribution in [3.63, 3.8) is 0 Å². The summed E-state index contributed by atoms with van der Waals surface area (Å²) in [6.07, 6.45) is 0. The first-order chi connectivity index (χ1) is 23.1. The van der Waals surface area contributed by atoms with E-state index in [1.54, 1.807) is 0 Å². The summed E-state index contributed by atoms with van der Waals surface area (Å²) in [5.74, 6) is 0. The van der Waals surface area contributed by atoms with E-state index in [9.17, 15) is 0 Å². The van der Waals surface area contributed by atoms with Gasteiger partial charge in [0.25, 0.3) is 0 Å².